The van der Waals surface area contributed by atoms with Gasteiger partial charge in [0.25, 0.3) is 0 Å². The van der Waals surface area contributed by atoms with E-state index >= 15 is 0 Å². The van der Waals surface area contributed by atoms with Crippen LogP contribution in [0, 0.1) is 0 Å². The summed E-state index contributed by atoms with van der Waals surface area (Å²) in [6.45, 7) is 0.491. The second-order valence-electron chi connectivity index (χ2n) is 6.59. The molecule has 1 fully saturated rings. The number of esters is 2. The average molecular weight is 406 g/mol. The van der Waals surface area contributed by atoms with Crippen molar-refractivity contribution < 1.29 is 33.4 Å². The van der Waals surface area contributed by atoms with E-state index in [0.29, 0.717) is 19.4 Å². The van der Waals surface area contributed by atoms with Crippen LogP contribution in [0.4, 0.5) is 4.79 Å². The Bertz CT molecular complexity index is 723. The zero-order chi connectivity index (χ0) is 21.2. The molecule has 1 N–H and O–H groups in total. The summed E-state index contributed by atoms with van der Waals surface area (Å²) in [5.41, 5.74) is 0.842. The Balaban J connectivity index is 1.95. The van der Waals surface area contributed by atoms with Gasteiger partial charge in [0, 0.05) is 13.0 Å². The molecule has 1 aliphatic heterocycles. The van der Waals surface area contributed by atoms with Crippen LogP contribution in [0.1, 0.15) is 31.2 Å². The lowest BCUT2D eigenvalue weighted by Gasteiger charge is -2.25. The highest BCUT2D eigenvalue weighted by Crippen LogP contribution is 2.19. The number of likely N-dealkylation sites (tertiary alicyclic amines) is 1. The van der Waals surface area contributed by atoms with Gasteiger partial charge in [-0.2, -0.15) is 0 Å². The summed E-state index contributed by atoms with van der Waals surface area (Å²) in [4.78, 5) is 49.8. The summed E-state index contributed by atoms with van der Waals surface area (Å²) in [6, 6.07) is 7.47. The van der Waals surface area contributed by atoms with Crippen molar-refractivity contribution in [2.24, 2.45) is 0 Å². The predicted octanol–water partition coefficient (Wildman–Crippen LogP) is 1.40. The van der Waals surface area contributed by atoms with E-state index in [9.17, 15) is 19.2 Å². The molecule has 0 unspecified atom stereocenters. The van der Waals surface area contributed by atoms with Crippen molar-refractivity contribution in [3.8, 4) is 0 Å². The number of carbonyl (C=O) groups is 4. The summed E-state index contributed by atoms with van der Waals surface area (Å²) in [5.74, 6) is -1.65. The van der Waals surface area contributed by atoms with Gasteiger partial charge in [0.2, 0.25) is 5.91 Å². The topological polar surface area (TPSA) is 111 Å². The molecule has 158 valence electrons. The highest BCUT2D eigenvalue weighted by Gasteiger charge is 2.37. The molecule has 0 bridgehead atoms. The van der Waals surface area contributed by atoms with Crippen molar-refractivity contribution in [1.29, 1.82) is 0 Å². The minimum atomic E-state index is -1.01. The van der Waals surface area contributed by atoms with Crippen molar-refractivity contribution in [2.75, 3.05) is 20.8 Å². The lowest BCUT2D eigenvalue weighted by atomic mass is 10.1. The van der Waals surface area contributed by atoms with Crippen molar-refractivity contribution in [2.45, 2.75) is 44.4 Å². The van der Waals surface area contributed by atoms with Crippen molar-refractivity contribution >= 4 is 23.9 Å². The fourth-order valence-corrected chi connectivity index (χ4v) is 3.08. The number of methoxy groups -OCH3 is 2. The van der Waals surface area contributed by atoms with Crippen LogP contribution in [0.15, 0.2) is 30.3 Å². The molecule has 0 radical (unpaired) electrons. The van der Waals surface area contributed by atoms with E-state index in [4.69, 9.17) is 9.47 Å². The zero-order valence-electron chi connectivity index (χ0n) is 16.6. The summed E-state index contributed by atoms with van der Waals surface area (Å²) in [7, 11) is 2.44. The van der Waals surface area contributed by atoms with Gasteiger partial charge in [-0.15, -0.1) is 0 Å². The van der Waals surface area contributed by atoms with Crippen LogP contribution in [-0.4, -0.2) is 61.7 Å². The molecule has 2 amide bonds. The van der Waals surface area contributed by atoms with Crippen molar-refractivity contribution in [3.05, 3.63) is 35.9 Å². The van der Waals surface area contributed by atoms with Crippen LogP contribution < -0.4 is 5.32 Å². The number of benzene rings is 1. The highest BCUT2D eigenvalue weighted by atomic mass is 16.6. The van der Waals surface area contributed by atoms with Gasteiger partial charge in [0.15, 0.2) is 0 Å². The van der Waals surface area contributed by atoms with Gasteiger partial charge in [-0.1, -0.05) is 30.3 Å². The van der Waals surface area contributed by atoms with E-state index in [2.05, 4.69) is 10.1 Å². The van der Waals surface area contributed by atoms with Crippen LogP contribution in [0.2, 0.25) is 0 Å². The molecule has 0 aliphatic carbocycles. The van der Waals surface area contributed by atoms with Crippen molar-refractivity contribution in [3.63, 3.8) is 0 Å². The van der Waals surface area contributed by atoms with E-state index in [1.807, 2.05) is 30.3 Å². The predicted molar refractivity (Wildman–Crippen MR) is 102 cm³/mol. The molecule has 1 saturated heterocycles. The van der Waals surface area contributed by atoms with Gasteiger partial charge >= 0.3 is 18.0 Å². The fraction of sp³-hybridized carbons (Fsp3) is 0.500. The molecule has 1 heterocycles. The molecular weight excluding hydrogens is 380 g/mol. The van der Waals surface area contributed by atoms with E-state index in [1.54, 1.807) is 0 Å². The van der Waals surface area contributed by atoms with Crippen LogP contribution in [0.5, 0.6) is 0 Å². The minimum Gasteiger partial charge on any atom is -0.469 e. The Morgan fingerprint density at radius 2 is 1.86 bits per heavy atom. The first kappa shape index (κ1) is 22.2. The summed E-state index contributed by atoms with van der Waals surface area (Å²) < 4.78 is 14.6. The van der Waals surface area contributed by atoms with Crippen LogP contribution in [-0.2, 0) is 35.2 Å². The Morgan fingerprint density at radius 3 is 2.52 bits per heavy atom. The Kier molecular flexibility index (Phi) is 8.45. The first-order chi connectivity index (χ1) is 14.0. The maximum absolute atomic E-state index is 12.7. The molecular formula is C20H26N2O7. The molecule has 1 aromatic carbocycles. The smallest absolute Gasteiger partial charge is 0.410 e. The largest absolute Gasteiger partial charge is 0.469 e. The molecule has 0 aromatic heterocycles. The molecule has 2 rings (SSSR count). The third kappa shape index (κ3) is 6.48. The molecule has 9 heteroatoms. The zero-order valence-corrected chi connectivity index (χ0v) is 16.6. The van der Waals surface area contributed by atoms with Gasteiger partial charge < -0.3 is 19.5 Å². The van der Waals surface area contributed by atoms with Gasteiger partial charge in [-0.3, -0.25) is 14.5 Å². The fourth-order valence-electron chi connectivity index (χ4n) is 3.08. The van der Waals surface area contributed by atoms with E-state index in [-0.39, 0.29) is 19.4 Å². The van der Waals surface area contributed by atoms with E-state index in [0.717, 1.165) is 5.56 Å². The molecule has 0 spiro atoms. The van der Waals surface area contributed by atoms with Gasteiger partial charge in [0.05, 0.1) is 14.2 Å². The molecule has 29 heavy (non-hydrogen) atoms. The Hall–Kier alpha value is -3.10. The van der Waals surface area contributed by atoms with Crippen LogP contribution in [0.3, 0.4) is 0 Å². The van der Waals surface area contributed by atoms with Gasteiger partial charge in [-0.25, -0.2) is 9.59 Å². The monoisotopic (exact) mass is 406 g/mol. The van der Waals surface area contributed by atoms with Crippen molar-refractivity contribution in [1.82, 2.24) is 10.2 Å². The number of amides is 2. The first-order valence-electron chi connectivity index (χ1n) is 9.38. The summed E-state index contributed by atoms with van der Waals surface area (Å²) in [6.07, 6.45) is 0.497. The van der Waals surface area contributed by atoms with Gasteiger partial charge in [0.1, 0.15) is 18.7 Å². The third-order valence-corrected chi connectivity index (χ3v) is 4.66. The lowest BCUT2D eigenvalue weighted by molar-refractivity contribution is -0.146. The summed E-state index contributed by atoms with van der Waals surface area (Å²) >= 11 is 0. The molecule has 2 atom stereocenters. The summed E-state index contributed by atoms with van der Waals surface area (Å²) in [5, 5.41) is 2.58. The third-order valence-electron chi connectivity index (χ3n) is 4.66. The van der Waals surface area contributed by atoms with Crippen LogP contribution >= 0.6 is 0 Å². The number of carbonyl (C=O) groups excluding carboxylic acids is 4. The average Bonchev–Trinajstić information content (AvgIpc) is 3.24. The number of nitrogens with zero attached hydrogens (tertiary/aromatic N) is 1. The quantitative estimate of drug-likeness (QED) is 0.513. The molecule has 9 nitrogen and oxygen atoms in total. The second-order valence-corrected chi connectivity index (χ2v) is 6.59. The van der Waals surface area contributed by atoms with E-state index in [1.165, 1.54) is 19.1 Å². The SMILES string of the molecule is COC(=O)CC[C@@H](NC(=O)[C@H]1CCCN1C(=O)OCc1ccccc1)C(=O)OC. The number of hydrogen-bond acceptors (Lipinski definition) is 7. The first-order valence-corrected chi connectivity index (χ1v) is 9.38. The minimum absolute atomic E-state index is 0.0380. The molecule has 0 saturated carbocycles. The normalized spacial score (nSPS) is 16.6. The molecule has 1 aromatic rings. The highest BCUT2D eigenvalue weighted by molar-refractivity contribution is 5.90. The lowest BCUT2D eigenvalue weighted by Crippen LogP contribution is -2.51. The Morgan fingerprint density at radius 1 is 1.14 bits per heavy atom. The van der Waals surface area contributed by atoms with Gasteiger partial charge in [-0.05, 0) is 24.8 Å². The number of ether oxygens (including phenoxy) is 3. The van der Waals surface area contributed by atoms with Crippen LogP contribution in [0.25, 0.3) is 0 Å². The van der Waals surface area contributed by atoms with E-state index < -0.39 is 36.0 Å². The number of rotatable bonds is 8. The maximum atomic E-state index is 12.7. The standard InChI is InChI=1S/C20H26N2O7/c1-27-17(23)11-10-15(19(25)28-2)21-18(24)16-9-6-12-22(16)20(26)29-13-14-7-4-3-5-8-14/h3-5,7-8,15-16H,6,9-13H2,1-2H3,(H,21,24)/t15-,16-/m1/s1. The molecule has 1 aliphatic rings. The Labute approximate surface area is 169 Å². The maximum Gasteiger partial charge on any atom is 0.410 e. The second kappa shape index (κ2) is 11.0. The number of nitrogens with one attached hydrogen (secondary N) is 1. The number of hydrogen-bond donors (Lipinski definition) is 1.